The molecule has 1 nitrogen and oxygen atoms in total. The minimum Gasteiger partial charge on any atom is -0.386 e. The normalized spacial score (nSPS) is 16.3. The van der Waals surface area contributed by atoms with E-state index in [1.165, 1.54) is 0 Å². The van der Waals surface area contributed by atoms with Gasteiger partial charge in [-0.25, -0.2) is 0 Å². The largest absolute Gasteiger partial charge is 0.386 e. The van der Waals surface area contributed by atoms with Crippen LogP contribution in [-0.4, -0.2) is 5.11 Å². The monoisotopic (exact) mass is 137 g/mol. The van der Waals surface area contributed by atoms with Gasteiger partial charge in [0.25, 0.3) is 0 Å². The van der Waals surface area contributed by atoms with Gasteiger partial charge in [-0.2, -0.15) is 0 Å². The molecule has 0 saturated carbocycles. The quantitative estimate of drug-likeness (QED) is 0.586. The first kappa shape index (κ1) is 7.29. The third kappa shape index (κ3) is 1.58. The van der Waals surface area contributed by atoms with Crippen LogP contribution >= 0.6 is 0 Å². The Morgan fingerprint density at radius 2 is 1.60 bits per heavy atom. The van der Waals surface area contributed by atoms with Crippen molar-refractivity contribution in [1.29, 1.82) is 0 Å². The molecule has 1 aromatic carbocycles. The molecule has 54 valence electrons. The summed E-state index contributed by atoms with van der Waals surface area (Å²) in [6, 6.07) is 9.62. The molecule has 0 unspecified atom stereocenters. The smallest absolute Gasteiger partial charge is 0.0840 e. The Balaban J connectivity index is 2.97. The van der Waals surface area contributed by atoms with Crippen LogP contribution in [0.2, 0.25) is 0 Å². The Morgan fingerprint density at radius 3 is 1.90 bits per heavy atom. The van der Waals surface area contributed by atoms with Crippen molar-refractivity contribution in [2.45, 2.75) is 19.4 Å². The highest BCUT2D eigenvalue weighted by molar-refractivity contribution is 5.20. The fraction of sp³-hybridized carbons (Fsp3) is 0.333. The molecular formula is C9H12O. The van der Waals surface area contributed by atoms with Crippen molar-refractivity contribution in [2.24, 2.45) is 0 Å². The third-order valence-electron chi connectivity index (χ3n) is 1.48. The summed E-state index contributed by atoms with van der Waals surface area (Å²) < 4.78 is 0. The lowest BCUT2D eigenvalue weighted by Gasteiger charge is -2.16. The molecular weight excluding hydrogens is 125 g/mol. The molecule has 1 N–H and O–H groups in total. The second-order valence-electron chi connectivity index (χ2n) is 2.93. The highest BCUT2D eigenvalue weighted by atomic mass is 16.3. The van der Waals surface area contributed by atoms with Crippen LogP contribution < -0.4 is 0 Å². The number of hydrogen-bond donors (Lipinski definition) is 1. The maximum absolute atomic E-state index is 9.49. The lowest BCUT2D eigenvalue weighted by Crippen LogP contribution is -2.14. The van der Waals surface area contributed by atoms with E-state index in [2.05, 4.69) is 0 Å². The summed E-state index contributed by atoms with van der Waals surface area (Å²) in [5.41, 5.74) is 0.247. The highest BCUT2D eigenvalue weighted by Gasteiger charge is 2.13. The van der Waals surface area contributed by atoms with E-state index in [1.807, 2.05) is 30.3 Å². The van der Waals surface area contributed by atoms with Crippen LogP contribution in [0.5, 0.6) is 0 Å². The van der Waals surface area contributed by atoms with E-state index in [4.69, 9.17) is 0 Å². The van der Waals surface area contributed by atoms with Gasteiger partial charge in [-0.15, -0.1) is 0 Å². The van der Waals surface area contributed by atoms with Gasteiger partial charge in [-0.3, -0.25) is 0 Å². The Bertz CT molecular complexity index is 196. The van der Waals surface area contributed by atoms with Crippen LogP contribution in [-0.2, 0) is 5.60 Å². The molecule has 0 aromatic heterocycles. The zero-order valence-electron chi connectivity index (χ0n) is 6.33. The standard InChI is InChI=1S/C9H12O/c1-9(2,10)8-6-4-3-5-7-8/h3-7,10H,1-2H3/i1+1/t9-/m0/s1. The van der Waals surface area contributed by atoms with Crippen molar-refractivity contribution in [3.05, 3.63) is 35.9 Å². The van der Waals surface area contributed by atoms with Crippen LogP contribution in [0, 0.1) is 0 Å². The topological polar surface area (TPSA) is 20.2 Å². The summed E-state index contributed by atoms with van der Waals surface area (Å²) in [5.74, 6) is 0. The van der Waals surface area contributed by atoms with Gasteiger partial charge in [0.15, 0.2) is 0 Å². The van der Waals surface area contributed by atoms with E-state index in [1.54, 1.807) is 13.8 Å². The average Bonchev–Trinajstić information content (AvgIpc) is 1.88. The van der Waals surface area contributed by atoms with E-state index in [0.717, 1.165) is 5.56 Å². The fourth-order valence-electron chi connectivity index (χ4n) is 0.846. The van der Waals surface area contributed by atoms with Crippen LogP contribution in [0.1, 0.15) is 19.4 Å². The summed E-state index contributed by atoms with van der Waals surface area (Å²) in [7, 11) is 0. The van der Waals surface area contributed by atoms with Gasteiger partial charge in [0.05, 0.1) is 5.60 Å². The molecule has 0 bridgehead atoms. The lowest BCUT2D eigenvalue weighted by atomic mass is 10.0. The van der Waals surface area contributed by atoms with Crippen LogP contribution in [0.3, 0.4) is 0 Å². The van der Waals surface area contributed by atoms with Gasteiger partial charge in [0, 0.05) is 0 Å². The average molecular weight is 137 g/mol. The molecule has 0 aliphatic carbocycles. The Morgan fingerprint density at radius 1 is 1.10 bits per heavy atom. The van der Waals surface area contributed by atoms with Crippen molar-refractivity contribution in [2.75, 3.05) is 0 Å². The fourth-order valence-corrected chi connectivity index (χ4v) is 0.846. The second kappa shape index (κ2) is 2.43. The zero-order chi connectivity index (χ0) is 7.61. The lowest BCUT2D eigenvalue weighted by molar-refractivity contribution is 0.0786. The van der Waals surface area contributed by atoms with Crippen LogP contribution in [0.4, 0.5) is 0 Å². The maximum Gasteiger partial charge on any atom is 0.0840 e. The molecule has 0 radical (unpaired) electrons. The molecule has 10 heavy (non-hydrogen) atoms. The molecule has 1 heteroatoms. The van der Waals surface area contributed by atoms with Crippen molar-refractivity contribution in [3.8, 4) is 0 Å². The van der Waals surface area contributed by atoms with E-state index in [0.29, 0.717) is 0 Å². The molecule has 0 aliphatic rings. The van der Waals surface area contributed by atoms with E-state index in [-0.39, 0.29) is 0 Å². The first-order valence-corrected chi connectivity index (χ1v) is 3.38. The summed E-state index contributed by atoms with van der Waals surface area (Å²) >= 11 is 0. The summed E-state index contributed by atoms with van der Waals surface area (Å²) in [6.45, 7) is 3.56. The summed E-state index contributed by atoms with van der Waals surface area (Å²) in [5, 5.41) is 9.49. The molecule has 1 rings (SSSR count). The van der Waals surface area contributed by atoms with Gasteiger partial charge in [0.2, 0.25) is 0 Å². The van der Waals surface area contributed by atoms with E-state index in [9.17, 15) is 5.11 Å². The van der Waals surface area contributed by atoms with Gasteiger partial charge in [-0.1, -0.05) is 30.3 Å². The minimum absolute atomic E-state index is 0.707. The molecule has 0 aliphatic heterocycles. The summed E-state index contributed by atoms with van der Waals surface area (Å²) in [4.78, 5) is 0. The predicted octanol–water partition coefficient (Wildman–Crippen LogP) is 1.91. The molecule has 0 spiro atoms. The second-order valence-corrected chi connectivity index (χ2v) is 2.93. The van der Waals surface area contributed by atoms with Crippen LogP contribution in [0.25, 0.3) is 0 Å². The Hall–Kier alpha value is -0.820. The number of rotatable bonds is 1. The van der Waals surface area contributed by atoms with Crippen molar-refractivity contribution in [1.82, 2.24) is 0 Å². The predicted molar refractivity (Wildman–Crippen MR) is 41.7 cm³/mol. The molecule has 0 amide bonds. The number of benzene rings is 1. The molecule has 0 heterocycles. The van der Waals surface area contributed by atoms with Crippen LogP contribution in [0.15, 0.2) is 30.3 Å². The maximum atomic E-state index is 9.49. The molecule has 1 atom stereocenters. The van der Waals surface area contributed by atoms with Gasteiger partial charge < -0.3 is 5.11 Å². The first-order valence-electron chi connectivity index (χ1n) is 3.38. The van der Waals surface area contributed by atoms with Crippen molar-refractivity contribution in [3.63, 3.8) is 0 Å². The van der Waals surface area contributed by atoms with Gasteiger partial charge in [-0.05, 0) is 19.4 Å². The molecule has 0 fully saturated rings. The third-order valence-corrected chi connectivity index (χ3v) is 1.48. The first-order chi connectivity index (χ1) is 4.61. The number of aliphatic hydroxyl groups is 1. The molecule has 1 aromatic rings. The van der Waals surface area contributed by atoms with Crippen molar-refractivity contribution >= 4 is 0 Å². The van der Waals surface area contributed by atoms with Gasteiger partial charge in [0.1, 0.15) is 0 Å². The van der Waals surface area contributed by atoms with E-state index < -0.39 is 5.60 Å². The minimum atomic E-state index is -0.707. The Kier molecular flexibility index (Phi) is 1.77. The summed E-state index contributed by atoms with van der Waals surface area (Å²) in [6.07, 6.45) is 0. The highest BCUT2D eigenvalue weighted by Crippen LogP contribution is 2.17. The van der Waals surface area contributed by atoms with E-state index >= 15 is 0 Å². The molecule has 0 saturated heterocycles. The van der Waals surface area contributed by atoms with Crippen molar-refractivity contribution < 1.29 is 5.11 Å². The van der Waals surface area contributed by atoms with Gasteiger partial charge >= 0.3 is 0 Å². The number of hydrogen-bond acceptors (Lipinski definition) is 1. The zero-order valence-corrected chi connectivity index (χ0v) is 6.33. The Labute approximate surface area is 61.3 Å². The SMILES string of the molecule is C[C@]([13CH3])(O)c1ccccc1.